The molecule has 0 radical (unpaired) electrons. The number of ketones is 1. The Bertz CT molecular complexity index is 580. The van der Waals surface area contributed by atoms with Crippen molar-refractivity contribution in [2.75, 3.05) is 6.61 Å². The van der Waals surface area contributed by atoms with E-state index in [0.717, 1.165) is 0 Å². The zero-order valence-electron chi connectivity index (χ0n) is 11.7. The van der Waals surface area contributed by atoms with Crippen LogP contribution in [0.4, 0.5) is 0 Å². The van der Waals surface area contributed by atoms with Gasteiger partial charge in [-0.05, 0) is 18.1 Å². The number of hydrogen-bond acceptors (Lipinski definition) is 4. The van der Waals surface area contributed by atoms with Crippen LogP contribution < -0.4 is 0 Å². The summed E-state index contributed by atoms with van der Waals surface area (Å²) in [6, 6.07) is 17.0. The predicted octanol–water partition coefficient (Wildman–Crippen LogP) is 2.05. The highest BCUT2D eigenvalue weighted by Crippen LogP contribution is 2.30. The van der Waals surface area contributed by atoms with Crippen molar-refractivity contribution >= 4 is 11.8 Å². The first-order valence-corrected chi connectivity index (χ1v) is 6.55. The van der Waals surface area contributed by atoms with E-state index in [-0.39, 0.29) is 12.4 Å². The lowest BCUT2D eigenvalue weighted by atomic mass is 9.86. The summed E-state index contributed by atoms with van der Waals surface area (Å²) < 4.78 is 4.94. The van der Waals surface area contributed by atoms with Gasteiger partial charge in [0.15, 0.2) is 5.78 Å². The summed E-state index contributed by atoms with van der Waals surface area (Å²) in [6.45, 7) is 0.957. The van der Waals surface area contributed by atoms with Gasteiger partial charge in [0, 0.05) is 0 Å². The van der Waals surface area contributed by atoms with Crippen LogP contribution in [-0.4, -0.2) is 23.5 Å². The second-order valence-electron chi connectivity index (χ2n) is 4.72. The SMILES string of the molecule is CC(=O)COC(=O)C(O)(c1ccccc1)c1ccccc1. The van der Waals surface area contributed by atoms with E-state index in [2.05, 4.69) is 0 Å². The minimum absolute atomic E-state index is 0.285. The van der Waals surface area contributed by atoms with Crippen molar-refractivity contribution in [3.05, 3.63) is 71.8 Å². The highest BCUT2D eigenvalue weighted by molar-refractivity contribution is 5.87. The van der Waals surface area contributed by atoms with Gasteiger partial charge in [-0.2, -0.15) is 0 Å². The summed E-state index contributed by atoms with van der Waals surface area (Å²) in [7, 11) is 0. The van der Waals surface area contributed by atoms with E-state index in [1.54, 1.807) is 60.7 Å². The molecule has 2 aromatic carbocycles. The largest absolute Gasteiger partial charge is 0.455 e. The lowest BCUT2D eigenvalue weighted by Crippen LogP contribution is -2.39. The minimum atomic E-state index is -1.93. The molecule has 0 fully saturated rings. The molecule has 0 saturated heterocycles. The van der Waals surface area contributed by atoms with Gasteiger partial charge in [-0.25, -0.2) is 4.79 Å². The maximum atomic E-state index is 12.3. The van der Waals surface area contributed by atoms with Crippen LogP contribution in [0.1, 0.15) is 18.1 Å². The molecule has 1 N–H and O–H groups in total. The van der Waals surface area contributed by atoms with Gasteiger partial charge in [0.1, 0.15) is 6.61 Å². The molecular formula is C17H16O4. The third-order valence-electron chi connectivity index (χ3n) is 3.09. The molecule has 0 spiro atoms. The second-order valence-corrected chi connectivity index (χ2v) is 4.72. The average molecular weight is 284 g/mol. The molecule has 0 heterocycles. The molecular weight excluding hydrogens is 268 g/mol. The smallest absolute Gasteiger partial charge is 0.348 e. The molecule has 0 aliphatic rings. The second kappa shape index (κ2) is 6.33. The minimum Gasteiger partial charge on any atom is -0.455 e. The van der Waals surface area contributed by atoms with Gasteiger partial charge in [0.2, 0.25) is 5.60 Å². The molecule has 4 heteroatoms. The normalized spacial score (nSPS) is 11.0. The Hall–Kier alpha value is -2.46. The van der Waals surface area contributed by atoms with Gasteiger partial charge in [0.25, 0.3) is 0 Å². The van der Waals surface area contributed by atoms with Gasteiger partial charge in [-0.3, -0.25) is 4.79 Å². The Morgan fingerprint density at radius 2 is 1.38 bits per heavy atom. The van der Waals surface area contributed by atoms with Crippen LogP contribution in [-0.2, 0) is 19.9 Å². The third-order valence-corrected chi connectivity index (χ3v) is 3.09. The monoisotopic (exact) mass is 284 g/mol. The van der Waals surface area contributed by atoms with Crippen LogP contribution in [0.5, 0.6) is 0 Å². The number of rotatable bonds is 5. The summed E-state index contributed by atoms with van der Waals surface area (Å²) >= 11 is 0. The summed E-state index contributed by atoms with van der Waals surface area (Å²) in [5, 5.41) is 10.9. The number of carbonyl (C=O) groups is 2. The Morgan fingerprint density at radius 1 is 0.952 bits per heavy atom. The van der Waals surface area contributed by atoms with E-state index in [4.69, 9.17) is 4.74 Å². The first-order valence-electron chi connectivity index (χ1n) is 6.55. The number of carbonyl (C=O) groups excluding carboxylic acids is 2. The van der Waals surface area contributed by atoms with Crippen molar-refractivity contribution in [2.24, 2.45) is 0 Å². The lowest BCUT2D eigenvalue weighted by molar-refractivity contribution is -0.164. The fourth-order valence-electron chi connectivity index (χ4n) is 2.03. The third kappa shape index (κ3) is 3.17. The highest BCUT2D eigenvalue weighted by atomic mass is 16.6. The fourth-order valence-corrected chi connectivity index (χ4v) is 2.03. The van der Waals surface area contributed by atoms with Crippen molar-refractivity contribution in [1.29, 1.82) is 0 Å². The number of ether oxygens (including phenoxy) is 1. The molecule has 2 rings (SSSR count). The Morgan fingerprint density at radius 3 is 1.76 bits per heavy atom. The maximum Gasteiger partial charge on any atom is 0.348 e. The van der Waals surface area contributed by atoms with E-state index in [0.29, 0.717) is 11.1 Å². The number of esters is 1. The van der Waals surface area contributed by atoms with Gasteiger partial charge in [-0.1, -0.05) is 60.7 Å². The van der Waals surface area contributed by atoms with Crippen LogP contribution in [0.15, 0.2) is 60.7 Å². The molecule has 0 bridgehead atoms. The summed E-state index contributed by atoms with van der Waals surface area (Å²) in [5.74, 6) is -1.15. The first-order chi connectivity index (χ1) is 10.0. The highest BCUT2D eigenvalue weighted by Gasteiger charge is 2.41. The van der Waals surface area contributed by atoms with Crippen LogP contribution in [0.3, 0.4) is 0 Å². The van der Waals surface area contributed by atoms with Crippen LogP contribution >= 0.6 is 0 Å². The zero-order chi connectivity index (χ0) is 15.3. The maximum absolute atomic E-state index is 12.3. The first kappa shape index (κ1) is 14.9. The number of Topliss-reactive ketones (excluding diaryl/α,β-unsaturated/α-hetero) is 1. The van der Waals surface area contributed by atoms with Crippen molar-refractivity contribution in [2.45, 2.75) is 12.5 Å². The van der Waals surface area contributed by atoms with Gasteiger partial charge < -0.3 is 9.84 Å². The molecule has 4 nitrogen and oxygen atoms in total. The van der Waals surface area contributed by atoms with E-state index < -0.39 is 11.6 Å². The standard InChI is InChI=1S/C17H16O4/c1-13(18)12-21-16(19)17(20,14-8-4-2-5-9-14)15-10-6-3-7-11-15/h2-11,20H,12H2,1H3. The summed E-state index contributed by atoms with van der Waals surface area (Å²) in [5.41, 5.74) is -1.15. The van der Waals surface area contributed by atoms with Gasteiger partial charge >= 0.3 is 5.97 Å². The summed E-state index contributed by atoms with van der Waals surface area (Å²) in [6.07, 6.45) is 0. The van der Waals surface area contributed by atoms with Gasteiger partial charge in [-0.15, -0.1) is 0 Å². The molecule has 0 atom stereocenters. The fraction of sp³-hybridized carbons (Fsp3) is 0.176. The Balaban J connectivity index is 2.45. The number of hydrogen-bond donors (Lipinski definition) is 1. The topological polar surface area (TPSA) is 63.6 Å². The molecule has 108 valence electrons. The zero-order valence-corrected chi connectivity index (χ0v) is 11.7. The van der Waals surface area contributed by atoms with Crippen LogP contribution in [0, 0.1) is 0 Å². The van der Waals surface area contributed by atoms with Crippen LogP contribution in [0.25, 0.3) is 0 Å². The molecule has 0 amide bonds. The van der Waals surface area contributed by atoms with E-state index in [9.17, 15) is 14.7 Å². The Kier molecular flexibility index (Phi) is 4.50. The molecule has 0 unspecified atom stereocenters. The van der Waals surface area contributed by atoms with E-state index in [1.165, 1.54) is 6.92 Å². The predicted molar refractivity (Wildman–Crippen MR) is 77.5 cm³/mol. The van der Waals surface area contributed by atoms with Crippen molar-refractivity contribution in [1.82, 2.24) is 0 Å². The number of benzene rings is 2. The molecule has 0 aliphatic carbocycles. The number of aliphatic hydroxyl groups is 1. The molecule has 0 saturated carbocycles. The van der Waals surface area contributed by atoms with Crippen molar-refractivity contribution in [3.63, 3.8) is 0 Å². The molecule has 0 aliphatic heterocycles. The summed E-state index contributed by atoms with van der Waals surface area (Å²) in [4.78, 5) is 23.3. The van der Waals surface area contributed by atoms with Crippen molar-refractivity contribution in [3.8, 4) is 0 Å². The van der Waals surface area contributed by atoms with Crippen molar-refractivity contribution < 1.29 is 19.4 Å². The van der Waals surface area contributed by atoms with E-state index >= 15 is 0 Å². The lowest BCUT2D eigenvalue weighted by Gasteiger charge is -2.26. The Labute approximate surface area is 123 Å². The molecule has 21 heavy (non-hydrogen) atoms. The molecule has 2 aromatic rings. The van der Waals surface area contributed by atoms with Crippen LogP contribution in [0.2, 0.25) is 0 Å². The average Bonchev–Trinajstić information content (AvgIpc) is 2.53. The molecule has 0 aromatic heterocycles. The van der Waals surface area contributed by atoms with Gasteiger partial charge in [0.05, 0.1) is 0 Å². The van der Waals surface area contributed by atoms with E-state index in [1.807, 2.05) is 0 Å². The quantitative estimate of drug-likeness (QED) is 0.854.